The van der Waals surface area contributed by atoms with Gasteiger partial charge in [-0.3, -0.25) is 0 Å². The summed E-state index contributed by atoms with van der Waals surface area (Å²) < 4.78 is 23.9. The van der Waals surface area contributed by atoms with Gasteiger partial charge in [0.15, 0.2) is 11.5 Å². The average Bonchev–Trinajstić information content (AvgIpc) is 3.17. The predicted molar refractivity (Wildman–Crippen MR) is 129 cm³/mol. The molecule has 5 heteroatoms. The van der Waals surface area contributed by atoms with Gasteiger partial charge in [-0.15, -0.1) is 0 Å². The monoisotopic (exact) mass is 456 g/mol. The summed E-state index contributed by atoms with van der Waals surface area (Å²) in [6.45, 7) is 0.838. The van der Waals surface area contributed by atoms with E-state index < -0.39 is 11.8 Å². The van der Waals surface area contributed by atoms with E-state index >= 15 is 0 Å². The van der Waals surface area contributed by atoms with Crippen LogP contribution in [0.25, 0.3) is 6.08 Å². The smallest absolute Gasteiger partial charge is 0.377 e. The SMILES string of the molecule is O=C1OC2(CCCCC2)O/C1=C\c1ccc(OCc2ccccc2)c(OCc2ccccc2)c1. The van der Waals surface area contributed by atoms with Crippen molar-refractivity contribution < 1.29 is 23.7 Å². The molecule has 0 aromatic heterocycles. The Kier molecular flexibility index (Phi) is 6.52. The van der Waals surface area contributed by atoms with Crippen LogP contribution in [-0.2, 0) is 27.5 Å². The molecule has 1 aliphatic heterocycles. The van der Waals surface area contributed by atoms with Crippen molar-refractivity contribution in [1.29, 1.82) is 0 Å². The molecule has 1 heterocycles. The second-order valence-electron chi connectivity index (χ2n) is 8.73. The highest BCUT2D eigenvalue weighted by atomic mass is 16.8. The van der Waals surface area contributed by atoms with E-state index in [1.807, 2.05) is 78.9 Å². The number of hydrogen-bond donors (Lipinski definition) is 0. The zero-order chi connectivity index (χ0) is 23.2. The summed E-state index contributed by atoms with van der Waals surface area (Å²) in [4.78, 5) is 12.5. The van der Waals surface area contributed by atoms with Gasteiger partial charge in [-0.05, 0) is 47.7 Å². The number of carbonyl (C=O) groups is 1. The van der Waals surface area contributed by atoms with E-state index in [2.05, 4.69) is 0 Å². The number of hydrogen-bond acceptors (Lipinski definition) is 5. The third kappa shape index (κ3) is 5.25. The van der Waals surface area contributed by atoms with E-state index in [0.29, 0.717) is 24.7 Å². The van der Waals surface area contributed by atoms with Gasteiger partial charge in [0.1, 0.15) is 13.2 Å². The lowest BCUT2D eigenvalue weighted by Gasteiger charge is -2.29. The maximum absolute atomic E-state index is 12.5. The molecular weight excluding hydrogens is 428 g/mol. The Hall–Kier alpha value is -3.73. The van der Waals surface area contributed by atoms with Crippen LogP contribution in [0.15, 0.2) is 84.6 Å². The van der Waals surface area contributed by atoms with Crippen molar-refractivity contribution in [2.24, 2.45) is 0 Å². The van der Waals surface area contributed by atoms with E-state index in [0.717, 1.165) is 48.8 Å². The molecular formula is C29H28O5. The first-order valence-electron chi connectivity index (χ1n) is 11.8. The highest BCUT2D eigenvalue weighted by Crippen LogP contribution is 2.40. The summed E-state index contributed by atoms with van der Waals surface area (Å²) in [7, 11) is 0. The summed E-state index contributed by atoms with van der Waals surface area (Å²) >= 11 is 0. The summed E-state index contributed by atoms with van der Waals surface area (Å²) in [5.74, 6) is 0.299. The first kappa shape index (κ1) is 22.1. The molecule has 0 N–H and O–H groups in total. The Bertz CT molecular complexity index is 1150. The molecule has 1 saturated heterocycles. The first-order chi connectivity index (χ1) is 16.7. The van der Waals surface area contributed by atoms with Crippen molar-refractivity contribution in [2.75, 3.05) is 0 Å². The Balaban J connectivity index is 1.37. The number of rotatable bonds is 7. The lowest BCUT2D eigenvalue weighted by molar-refractivity contribution is -0.182. The number of benzene rings is 3. The lowest BCUT2D eigenvalue weighted by Crippen LogP contribution is -2.32. The van der Waals surface area contributed by atoms with Crippen molar-refractivity contribution in [3.8, 4) is 11.5 Å². The molecule has 0 atom stereocenters. The van der Waals surface area contributed by atoms with Crippen LogP contribution in [-0.4, -0.2) is 11.8 Å². The summed E-state index contributed by atoms with van der Waals surface area (Å²) in [6, 6.07) is 25.6. The molecule has 3 aromatic carbocycles. The van der Waals surface area contributed by atoms with Crippen LogP contribution in [0, 0.1) is 0 Å². The lowest BCUT2D eigenvalue weighted by atomic mass is 9.94. The third-order valence-electron chi connectivity index (χ3n) is 6.13. The number of ether oxygens (including phenoxy) is 4. The molecule has 2 fully saturated rings. The Morgan fingerprint density at radius 3 is 2.00 bits per heavy atom. The zero-order valence-corrected chi connectivity index (χ0v) is 19.1. The third-order valence-corrected chi connectivity index (χ3v) is 6.13. The molecule has 3 aromatic rings. The van der Waals surface area contributed by atoms with E-state index in [1.54, 1.807) is 6.08 Å². The molecule has 1 spiro atoms. The van der Waals surface area contributed by atoms with Gasteiger partial charge in [0, 0.05) is 12.8 Å². The molecule has 0 amide bonds. The summed E-state index contributed by atoms with van der Waals surface area (Å²) in [5.41, 5.74) is 2.92. The summed E-state index contributed by atoms with van der Waals surface area (Å²) in [5, 5.41) is 0. The van der Waals surface area contributed by atoms with Crippen molar-refractivity contribution in [3.63, 3.8) is 0 Å². The van der Waals surface area contributed by atoms with E-state index in [4.69, 9.17) is 18.9 Å². The number of esters is 1. The second-order valence-corrected chi connectivity index (χ2v) is 8.73. The van der Waals surface area contributed by atoms with Gasteiger partial charge in [0.05, 0.1) is 0 Å². The van der Waals surface area contributed by atoms with Crippen LogP contribution in [0.1, 0.15) is 48.8 Å². The maximum atomic E-state index is 12.5. The standard InChI is InChI=1S/C29H28O5/c30-28-27(33-29(34-28)16-8-3-9-17-29)19-24-14-15-25(31-20-22-10-4-1-5-11-22)26(18-24)32-21-23-12-6-2-7-13-23/h1-2,4-7,10-15,18-19H,3,8-9,16-17,20-21H2/b27-19-. The van der Waals surface area contributed by atoms with Crippen LogP contribution in [0.5, 0.6) is 11.5 Å². The molecule has 34 heavy (non-hydrogen) atoms. The average molecular weight is 457 g/mol. The van der Waals surface area contributed by atoms with Gasteiger partial charge in [-0.25, -0.2) is 4.79 Å². The highest BCUT2D eigenvalue weighted by Gasteiger charge is 2.46. The van der Waals surface area contributed by atoms with E-state index in [1.165, 1.54) is 0 Å². The van der Waals surface area contributed by atoms with Crippen molar-refractivity contribution >= 4 is 12.0 Å². The molecule has 0 unspecified atom stereocenters. The molecule has 174 valence electrons. The van der Waals surface area contributed by atoms with Crippen LogP contribution >= 0.6 is 0 Å². The van der Waals surface area contributed by atoms with E-state index in [9.17, 15) is 4.79 Å². The minimum atomic E-state index is -0.785. The van der Waals surface area contributed by atoms with Crippen LogP contribution in [0.2, 0.25) is 0 Å². The first-order valence-corrected chi connectivity index (χ1v) is 11.8. The van der Waals surface area contributed by atoms with Gasteiger partial charge >= 0.3 is 5.97 Å². The Labute approximate surface area is 199 Å². The van der Waals surface area contributed by atoms with Crippen LogP contribution in [0.4, 0.5) is 0 Å². The van der Waals surface area contributed by atoms with Gasteiger partial charge in [-0.1, -0.05) is 73.2 Å². The van der Waals surface area contributed by atoms with E-state index in [-0.39, 0.29) is 5.76 Å². The predicted octanol–water partition coefficient (Wildman–Crippen LogP) is 6.42. The fraction of sp³-hybridized carbons (Fsp3) is 0.276. The number of carbonyl (C=O) groups excluding carboxylic acids is 1. The maximum Gasteiger partial charge on any atom is 0.377 e. The van der Waals surface area contributed by atoms with Crippen molar-refractivity contribution in [2.45, 2.75) is 51.1 Å². The topological polar surface area (TPSA) is 54.0 Å². The van der Waals surface area contributed by atoms with Gasteiger partial charge in [-0.2, -0.15) is 0 Å². The minimum absolute atomic E-state index is 0.244. The largest absolute Gasteiger partial charge is 0.485 e. The van der Waals surface area contributed by atoms with Gasteiger partial charge in [0.2, 0.25) is 5.76 Å². The normalized spacial score (nSPS) is 17.9. The Morgan fingerprint density at radius 1 is 0.735 bits per heavy atom. The van der Waals surface area contributed by atoms with Crippen LogP contribution < -0.4 is 9.47 Å². The minimum Gasteiger partial charge on any atom is -0.485 e. The molecule has 1 saturated carbocycles. The molecule has 5 rings (SSSR count). The molecule has 0 bridgehead atoms. The molecule has 2 aliphatic rings. The summed E-state index contributed by atoms with van der Waals surface area (Å²) in [6.07, 6.45) is 6.37. The fourth-order valence-corrected chi connectivity index (χ4v) is 4.33. The highest BCUT2D eigenvalue weighted by molar-refractivity contribution is 5.93. The van der Waals surface area contributed by atoms with Crippen LogP contribution in [0.3, 0.4) is 0 Å². The van der Waals surface area contributed by atoms with Crippen molar-refractivity contribution in [1.82, 2.24) is 0 Å². The molecule has 5 nitrogen and oxygen atoms in total. The van der Waals surface area contributed by atoms with Gasteiger partial charge in [0.25, 0.3) is 5.79 Å². The quantitative estimate of drug-likeness (QED) is 0.303. The van der Waals surface area contributed by atoms with Crippen molar-refractivity contribution in [3.05, 3.63) is 101 Å². The van der Waals surface area contributed by atoms with Gasteiger partial charge < -0.3 is 18.9 Å². The molecule has 1 aliphatic carbocycles. The Morgan fingerprint density at radius 2 is 1.35 bits per heavy atom. The molecule has 0 radical (unpaired) electrons. The second kappa shape index (κ2) is 10.0. The fourth-order valence-electron chi connectivity index (χ4n) is 4.33. The zero-order valence-electron chi connectivity index (χ0n) is 19.1.